The summed E-state index contributed by atoms with van der Waals surface area (Å²) in [4.78, 5) is 0. The summed E-state index contributed by atoms with van der Waals surface area (Å²) in [6.45, 7) is 12.1. The van der Waals surface area contributed by atoms with Crippen LogP contribution in [-0.4, -0.2) is 6.54 Å². The monoisotopic (exact) mass is 251 g/mol. The van der Waals surface area contributed by atoms with Gasteiger partial charge in [-0.25, -0.2) is 4.39 Å². The van der Waals surface area contributed by atoms with Crippen molar-refractivity contribution in [1.29, 1.82) is 0 Å². The summed E-state index contributed by atoms with van der Waals surface area (Å²) in [5, 5.41) is 3.55. The summed E-state index contributed by atoms with van der Waals surface area (Å²) < 4.78 is 13.2. The lowest BCUT2D eigenvalue weighted by Crippen LogP contribution is -2.32. The van der Waals surface area contributed by atoms with Crippen LogP contribution >= 0.6 is 0 Å². The van der Waals surface area contributed by atoms with Gasteiger partial charge in [-0.3, -0.25) is 0 Å². The van der Waals surface area contributed by atoms with Crippen LogP contribution in [0.25, 0.3) is 0 Å². The van der Waals surface area contributed by atoms with Crippen molar-refractivity contribution in [3.05, 3.63) is 35.6 Å². The maximum atomic E-state index is 13.2. The zero-order valence-corrected chi connectivity index (χ0v) is 12.3. The fraction of sp³-hybridized carbons (Fsp3) is 0.625. The Kier molecular flexibility index (Phi) is 5.33. The van der Waals surface area contributed by atoms with E-state index >= 15 is 0 Å². The molecule has 1 aromatic carbocycles. The molecule has 1 rings (SSSR count). The van der Waals surface area contributed by atoms with Crippen LogP contribution in [-0.2, 0) is 0 Å². The standard InChI is InChI=1S/C16H26FN/c1-6-15(13-8-7-9-14(17)10-13)18-11-12(2)16(3,4)5/h7-10,12,15,18H,6,11H2,1-5H3. The second-order valence-electron chi connectivity index (χ2n) is 6.19. The maximum absolute atomic E-state index is 13.2. The van der Waals surface area contributed by atoms with Gasteiger partial charge in [-0.05, 0) is 42.0 Å². The Hall–Kier alpha value is -0.890. The van der Waals surface area contributed by atoms with Gasteiger partial charge in [0.2, 0.25) is 0 Å². The Morgan fingerprint density at radius 3 is 2.44 bits per heavy atom. The van der Waals surface area contributed by atoms with Crippen molar-refractivity contribution in [2.24, 2.45) is 11.3 Å². The van der Waals surface area contributed by atoms with E-state index in [1.165, 1.54) is 6.07 Å². The average Bonchev–Trinajstić information content (AvgIpc) is 2.28. The van der Waals surface area contributed by atoms with Gasteiger partial charge in [-0.1, -0.05) is 46.8 Å². The second-order valence-corrected chi connectivity index (χ2v) is 6.19. The Balaban J connectivity index is 2.63. The second kappa shape index (κ2) is 6.33. The van der Waals surface area contributed by atoms with E-state index in [1.54, 1.807) is 12.1 Å². The Bertz CT molecular complexity index is 368. The van der Waals surface area contributed by atoms with E-state index in [-0.39, 0.29) is 11.9 Å². The molecular weight excluding hydrogens is 225 g/mol. The predicted octanol–water partition coefficient (Wildman–Crippen LogP) is 4.55. The van der Waals surface area contributed by atoms with Crippen molar-refractivity contribution >= 4 is 0 Å². The lowest BCUT2D eigenvalue weighted by molar-refractivity contribution is 0.244. The van der Waals surface area contributed by atoms with Gasteiger partial charge in [-0.15, -0.1) is 0 Å². The molecule has 1 nitrogen and oxygen atoms in total. The lowest BCUT2D eigenvalue weighted by atomic mass is 9.82. The van der Waals surface area contributed by atoms with E-state index in [2.05, 4.69) is 39.9 Å². The highest BCUT2D eigenvalue weighted by Crippen LogP contribution is 2.26. The van der Waals surface area contributed by atoms with Crippen molar-refractivity contribution in [1.82, 2.24) is 5.32 Å². The van der Waals surface area contributed by atoms with Crippen molar-refractivity contribution in [2.75, 3.05) is 6.54 Å². The van der Waals surface area contributed by atoms with Gasteiger partial charge < -0.3 is 5.32 Å². The first-order chi connectivity index (χ1) is 8.34. The minimum Gasteiger partial charge on any atom is -0.310 e. The van der Waals surface area contributed by atoms with Crippen LogP contribution in [0.5, 0.6) is 0 Å². The van der Waals surface area contributed by atoms with Gasteiger partial charge in [0, 0.05) is 6.04 Å². The SMILES string of the molecule is CCC(NCC(C)C(C)(C)C)c1cccc(F)c1. The molecule has 0 spiro atoms. The molecule has 18 heavy (non-hydrogen) atoms. The molecule has 2 unspecified atom stereocenters. The van der Waals surface area contributed by atoms with Crippen LogP contribution in [0.2, 0.25) is 0 Å². The van der Waals surface area contributed by atoms with Crippen LogP contribution < -0.4 is 5.32 Å². The Morgan fingerprint density at radius 2 is 1.94 bits per heavy atom. The largest absolute Gasteiger partial charge is 0.310 e. The fourth-order valence-electron chi connectivity index (χ4n) is 1.85. The molecule has 0 aliphatic rings. The molecule has 0 radical (unpaired) electrons. The molecule has 102 valence electrons. The first-order valence-electron chi connectivity index (χ1n) is 6.83. The Morgan fingerprint density at radius 1 is 1.28 bits per heavy atom. The number of nitrogens with one attached hydrogen (secondary N) is 1. The quantitative estimate of drug-likeness (QED) is 0.809. The first kappa shape index (κ1) is 15.2. The van der Waals surface area contributed by atoms with Gasteiger partial charge in [0.1, 0.15) is 5.82 Å². The molecule has 0 aliphatic heterocycles. The predicted molar refractivity (Wildman–Crippen MR) is 76.1 cm³/mol. The van der Waals surface area contributed by atoms with Gasteiger partial charge in [0.15, 0.2) is 0 Å². The molecule has 1 aromatic rings. The van der Waals surface area contributed by atoms with E-state index in [9.17, 15) is 4.39 Å². The fourth-order valence-corrected chi connectivity index (χ4v) is 1.85. The van der Waals surface area contributed by atoms with E-state index in [4.69, 9.17) is 0 Å². The molecule has 0 saturated heterocycles. The molecule has 0 aliphatic carbocycles. The smallest absolute Gasteiger partial charge is 0.123 e. The summed E-state index contributed by atoms with van der Waals surface area (Å²) in [7, 11) is 0. The van der Waals surface area contributed by atoms with Crippen LogP contribution in [0.15, 0.2) is 24.3 Å². The highest BCUT2D eigenvalue weighted by molar-refractivity contribution is 5.20. The van der Waals surface area contributed by atoms with Gasteiger partial charge in [-0.2, -0.15) is 0 Å². The number of rotatable bonds is 5. The third kappa shape index (κ3) is 4.41. The molecule has 0 saturated carbocycles. The molecule has 2 heteroatoms. The van der Waals surface area contributed by atoms with E-state index in [0.29, 0.717) is 11.3 Å². The van der Waals surface area contributed by atoms with Gasteiger partial charge >= 0.3 is 0 Å². The van der Waals surface area contributed by atoms with Gasteiger partial charge in [0.25, 0.3) is 0 Å². The molecule has 0 amide bonds. The third-order valence-electron chi connectivity index (χ3n) is 3.81. The number of hydrogen-bond acceptors (Lipinski definition) is 1. The average molecular weight is 251 g/mol. The van der Waals surface area contributed by atoms with Crippen LogP contribution in [0.3, 0.4) is 0 Å². The molecule has 1 N–H and O–H groups in total. The Labute approximate surface area is 111 Å². The maximum Gasteiger partial charge on any atom is 0.123 e. The van der Waals surface area contributed by atoms with Crippen molar-refractivity contribution in [2.45, 2.75) is 47.1 Å². The van der Waals surface area contributed by atoms with Crippen LogP contribution in [0.4, 0.5) is 4.39 Å². The lowest BCUT2D eigenvalue weighted by Gasteiger charge is -2.29. The van der Waals surface area contributed by atoms with E-state index in [1.807, 2.05) is 6.07 Å². The van der Waals surface area contributed by atoms with Gasteiger partial charge in [0.05, 0.1) is 0 Å². The molecule has 0 fully saturated rings. The molecular formula is C16H26FN. The van der Waals surface area contributed by atoms with Crippen LogP contribution in [0.1, 0.15) is 52.6 Å². The molecule has 2 atom stereocenters. The topological polar surface area (TPSA) is 12.0 Å². The van der Waals surface area contributed by atoms with E-state index in [0.717, 1.165) is 18.5 Å². The third-order valence-corrected chi connectivity index (χ3v) is 3.81. The van der Waals surface area contributed by atoms with Crippen LogP contribution in [0, 0.1) is 17.2 Å². The minimum atomic E-state index is -0.156. The molecule has 0 bridgehead atoms. The highest BCUT2D eigenvalue weighted by Gasteiger charge is 2.20. The first-order valence-corrected chi connectivity index (χ1v) is 6.83. The summed E-state index contributed by atoms with van der Waals surface area (Å²) >= 11 is 0. The molecule has 0 heterocycles. The summed E-state index contributed by atoms with van der Waals surface area (Å²) in [5.74, 6) is 0.428. The highest BCUT2D eigenvalue weighted by atomic mass is 19.1. The number of hydrogen-bond donors (Lipinski definition) is 1. The zero-order chi connectivity index (χ0) is 13.8. The summed E-state index contributed by atoms with van der Waals surface area (Å²) in [6.07, 6.45) is 0.973. The van der Waals surface area contributed by atoms with Crippen molar-refractivity contribution in [3.63, 3.8) is 0 Å². The molecule has 0 aromatic heterocycles. The minimum absolute atomic E-state index is 0.156. The number of halogens is 1. The summed E-state index contributed by atoms with van der Waals surface area (Å²) in [6, 6.07) is 7.14. The zero-order valence-electron chi connectivity index (χ0n) is 12.3. The van der Waals surface area contributed by atoms with Crippen molar-refractivity contribution < 1.29 is 4.39 Å². The normalized spacial score (nSPS) is 15.4. The number of benzene rings is 1. The van der Waals surface area contributed by atoms with E-state index < -0.39 is 0 Å². The van der Waals surface area contributed by atoms with Crippen molar-refractivity contribution in [3.8, 4) is 0 Å². The summed E-state index contributed by atoms with van der Waals surface area (Å²) in [5.41, 5.74) is 1.34.